The summed E-state index contributed by atoms with van der Waals surface area (Å²) in [4.78, 5) is 20.8. The van der Waals surface area contributed by atoms with Gasteiger partial charge in [0.2, 0.25) is 5.91 Å². The number of nitrogens with zero attached hydrogens (tertiary/aromatic N) is 2. The molecule has 1 heterocycles. The lowest BCUT2D eigenvalue weighted by molar-refractivity contribution is -0.116. The van der Waals surface area contributed by atoms with Crippen LogP contribution in [0.1, 0.15) is 12.8 Å². The van der Waals surface area contributed by atoms with E-state index in [-0.39, 0.29) is 5.02 Å². The van der Waals surface area contributed by atoms with E-state index in [0.29, 0.717) is 41.5 Å². The quantitative estimate of drug-likeness (QED) is 0.467. The number of sulfone groups is 1. The van der Waals surface area contributed by atoms with Gasteiger partial charge in [0.15, 0.2) is 14.6 Å². The van der Waals surface area contributed by atoms with E-state index in [1.165, 1.54) is 24.5 Å². The summed E-state index contributed by atoms with van der Waals surface area (Å²) in [6, 6.07) is 12.7. The number of halogens is 2. The summed E-state index contributed by atoms with van der Waals surface area (Å²) in [5.74, 6) is -0.116. The summed E-state index contributed by atoms with van der Waals surface area (Å²) in [6.07, 6.45) is 3.08. The molecule has 3 N–H and O–H groups in total. The van der Waals surface area contributed by atoms with Crippen LogP contribution in [-0.4, -0.2) is 35.3 Å². The molecule has 0 atom stereocenters. The summed E-state index contributed by atoms with van der Waals surface area (Å²) in [6.45, 7) is 0. The Balaban J connectivity index is 1.46. The van der Waals surface area contributed by atoms with Gasteiger partial charge < -0.3 is 16.0 Å². The Bertz CT molecular complexity index is 1300. The van der Waals surface area contributed by atoms with Gasteiger partial charge in [-0.2, -0.15) is 0 Å². The lowest BCUT2D eigenvalue weighted by Gasteiger charge is -2.14. The smallest absolute Gasteiger partial charge is 0.245 e. The van der Waals surface area contributed by atoms with Crippen molar-refractivity contribution in [2.45, 2.75) is 17.6 Å². The Morgan fingerprint density at radius 2 is 1.62 bits per heavy atom. The summed E-state index contributed by atoms with van der Waals surface area (Å²) in [5, 5.41) is 8.80. The molecule has 0 bridgehead atoms. The first-order valence-corrected chi connectivity index (χ1v) is 11.9. The molecule has 1 aliphatic carbocycles. The van der Waals surface area contributed by atoms with Crippen LogP contribution in [0.15, 0.2) is 54.9 Å². The zero-order valence-electron chi connectivity index (χ0n) is 16.9. The van der Waals surface area contributed by atoms with Crippen LogP contribution in [0.2, 0.25) is 5.02 Å². The van der Waals surface area contributed by atoms with Crippen LogP contribution in [0.5, 0.6) is 0 Å². The maximum atomic E-state index is 13.3. The van der Waals surface area contributed by atoms with E-state index in [0.717, 1.165) is 6.26 Å². The number of aromatic nitrogens is 2. The van der Waals surface area contributed by atoms with Crippen molar-refractivity contribution < 1.29 is 17.6 Å². The maximum Gasteiger partial charge on any atom is 0.245 e. The SMILES string of the molecule is CS(=O)(=O)C1(C(=O)Nc2cccc(Nc3cc(Nc4ccc(F)c(Cl)c4)ncn3)c2)CC1. The van der Waals surface area contributed by atoms with Crippen molar-refractivity contribution >= 4 is 56.0 Å². The topological polar surface area (TPSA) is 113 Å². The van der Waals surface area contributed by atoms with Crippen molar-refractivity contribution in [2.75, 3.05) is 22.2 Å². The molecule has 2 aromatic carbocycles. The van der Waals surface area contributed by atoms with Gasteiger partial charge in [-0.3, -0.25) is 4.79 Å². The van der Waals surface area contributed by atoms with Crippen molar-refractivity contribution in [2.24, 2.45) is 0 Å². The Morgan fingerprint density at radius 1 is 1.00 bits per heavy atom. The zero-order chi connectivity index (χ0) is 22.9. The second-order valence-corrected chi connectivity index (χ2v) is 10.2. The van der Waals surface area contributed by atoms with Crippen molar-refractivity contribution in [1.82, 2.24) is 9.97 Å². The van der Waals surface area contributed by atoms with Crippen molar-refractivity contribution in [3.05, 3.63) is 65.7 Å². The second kappa shape index (κ2) is 8.36. The van der Waals surface area contributed by atoms with E-state index in [1.807, 2.05) is 0 Å². The molecular weight excluding hydrogens is 457 g/mol. The Morgan fingerprint density at radius 3 is 2.22 bits per heavy atom. The molecule has 0 saturated heterocycles. The molecule has 8 nitrogen and oxygen atoms in total. The minimum Gasteiger partial charge on any atom is -0.340 e. The molecule has 0 aliphatic heterocycles. The third-order valence-corrected chi connectivity index (χ3v) is 7.38. The number of rotatable bonds is 7. The molecule has 1 amide bonds. The molecule has 0 unspecified atom stereocenters. The van der Waals surface area contributed by atoms with Gasteiger partial charge in [-0.1, -0.05) is 17.7 Å². The van der Waals surface area contributed by atoms with Crippen LogP contribution in [0.25, 0.3) is 0 Å². The molecule has 166 valence electrons. The summed E-state index contributed by atoms with van der Waals surface area (Å²) in [5.41, 5.74) is 1.65. The second-order valence-electron chi connectivity index (χ2n) is 7.47. The predicted octanol–water partition coefficient (Wildman–Crippen LogP) is 4.27. The van der Waals surface area contributed by atoms with Crippen LogP contribution < -0.4 is 16.0 Å². The lowest BCUT2D eigenvalue weighted by atomic mass is 10.2. The first kappa shape index (κ1) is 22.0. The molecule has 3 aromatic rings. The van der Waals surface area contributed by atoms with Crippen molar-refractivity contribution in [1.29, 1.82) is 0 Å². The fourth-order valence-electron chi connectivity index (χ4n) is 3.16. The van der Waals surface area contributed by atoms with E-state index in [9.17, 15) is 17.6 Å². The monoisotopic (exact) mass is 475 g/mol. The lowest BCUT2D eigenvalue weighted by Crippen LogP contribution is -2.36. The van der Waals surface area contributed by atoms with Gasteiger partial charge in [0.05, 0.1) is 5.02 Å². The number of benzene rings is 2. The highest BCUT2D eigenvalue weighted by atomic mass is 35.5. The number of hydrogen-bond acceptors (Lipinski definition) is 7. The van der Waals surface area contributed by atoms with Gasteiger partial charge >= 0.3 is 0 Å². The normalized spacial score (nSPS) is 14.5. The first-order chi connectivity index (χ1) is 15.2. The summed E-state index contributed by atoms with van der Waals surface area (Å²) >= 11 is 5.80. The van der Waals surface area contributed by atoms with Crippen LogP contribution in [0.4, 0.5) is 33.1 Å². The molecule has 1 aromatic heterocycles. The van der Waals surface area contributed by atoms with Gasteiger partial charge in [-0.25, -0.2) is 22.8 Å². The molecule has 1 aliphatic rings. The molecule has 32 heavy (non-hydrogen) atoms. The van der Waals surface area contributed by atoms with Crippen LogP contribution in [0.3, 0.4) is 0 Å². The van der Waals surface area contributed by atoms with E-state index in [2.05, 4.69) is 25.9 Å². The van der Waals surface area contributed by atoms with E-state index < -0.39 is 26.3 Å². The average molecular weight is 476 g/mol. The van der Waals surface area contributed by atoms with Gasteiger partial charge in [0.25, 0.3) is 0 Å². The molecule has 1 fully saturated rings. The highest BCUT2D eigenvalue weighted by molar-refractivity contribution is 7.93. The minimum atomic E-state index is -3.49. The fraction of sp³-hybridized carbons (Fsp3) is 0.190. The highest BCUT2D eigenvalue weighted by Crippen LogP contribution is 2.44. The van der Waals surface area contributed by atoms with Crippen molar-refractivity contribution in [3.8, 4) is 0 Å². The number of amides is 1. The molecule has 1 saturated carbocycles. The number of hydrogen-bond donors (Lipinski definition) is 3. The number of carbonyl (C=O) groups is 1. The summed E-state index contributed by atoms with van der Waals surface area (Å²) < 4.78 is 35.9. The van der Waals surface area contributed by atoms with E-state index >= 15 is 0 Å². The third kappa shape index (κ3) is 4.66. The predicted molar refractivity (Wildman–Crippen MR) is 122 cm³/mol. The Hall–Kier alpha value is -3.24. The molecule has 11 heteroatoms. The molecule has 4 rings (SSSR count). The van der Waals surface area contributed by atoms with E-state index in [4.69, 9.17) is 11.6 Å². The van der Waals surface area contributed by atoms with Crippen LogP contribution in [-0.2, 0) is 14.6 Å². The first-order valence-electron chi connectivity index (χ1n) is 9.59. The van der Waals surface area contributed by atoms with Gasteiger partial charge in [0.1, 0.15) is 23.8 Å². The summed E-state index contributed by atoms with van der Waals surface area (Å²) in [7, 11) is -3.49. The molecule has 0 spiro atoms. The van der Waals surface area contributed by atoms with E-state index in [1.54, 1.807) is 30.3 Å². The zero-order valence-corrected chi connectivity index (χ0v) is 18.5. The molecular formula is C21H19ClFN5O3S. The number of nitrogens with one attached hydrogen (secondary N) is 3. The molecule has 0 radical (unpaired) electrons. The van der Waals surface area contributed by atoms with Crippen LogP contribution >= 0.6 is 11.6 Å². The van der Waals surface area contributed by atoms with Gasteiger partial charge in [-0.15, -0.1) is 0 Å². The average Bonchev–Trinajstić information content (AvgIpc) is 3.54. The Kier molecular flexibility index (Phi) is 5.74. The standard InChI is InChI=1S/C21H19ClFN5O3S/c1-32(30,31)21(7-8-21)20(29)28-14-4-2-3-13(9-14)26-18-11-19(25-12-24-18)27-15-5-6-17(23)16(22)10-15/h2-6,9-12H,7-8H2,1H3,(H,28,29)(H2,24,25,26,27). The van der Waals surface area contributed by atoms with Crippen molar-refractivity contribution in [3.63, 3.8) is 0 Å². The third-order valence-electron chi connectivity index (χ3n) is 5.08. The van der Waals surface area contributed by atoms with Gasteiger partial charge in [0, 0.05) is 29.4 Å². The fourth-order valence-corrected chi connectivity index (χ4v) is 4.58. The number of anilines is 5. The minimum absolute atomic E-state index is 0.00915. The largest absolute Gasteiger partial charge is 0.340 e. The Labute approximate surface area is 189 Å². The maximum absolute atomic E-state index is 13.3. The highest BCUT2D eigenvalue weighted by Gasteiger charge is 2.58. The van der Waals surface area contributed by atoms with Crippen LogP contribution in [0, 0.1) is 5.82 Å². The van der Waals surface area contributed by atoms with Gasteiger partial charge in [-0.05, 0) is 49.2 Å². The number of carbonyl (C=O) groups excluding carboxylic acids is 1.